The zero-order valence-electron chi connectivity index (χ0n) is 16.0. The average molecular weight is 404 g/mol. The molecule has 2 unspecified atom stereocenters. The lowest BCUT2D eigenvalue weighted by molar-refractivity contribution is 0.0998. The van der Waals surface area contributed by atoms with E-state index >= 15 is 4.39 Å². The minimum Gasteiger partial charge on any atom is -0.368 e. The number of benzene rings is 1. The molecule has 2 fully saturated rings. The Kier molecular flexibility index (Phi) is 5.15. The predicted molar refractivity (Wildman–Crippen MR) is 113 cm³/mol. The number of hydrogen-bond donors (Lipinski definition) is 2. The highest BCUT2D eigenvalue weighted by Gasteiger charge is 2.31. The summed E-state index contributed by atoms with van der Waals surface area (Å²) in [6.45, 7) is 5.49. The molecule has 4 rings (SSSR count). The van der Waals surface area contributed by atoms with Gasteiger partial charge in [-0.15, -0.1) is 9.24 Å². The molecule has 1 aromatic carbocycles. The van der Waals surface area contributed by atoms with E-state index in [0.717, 1.165) is 45.4 Å². The number of amides is 1. The number of primary amides is 1. The summed E-state index contributed by atoms with van der Waals surface area (Å²) < 4.78 is 17.5. The number of fused-ring (bicyclic) bond motifs is 1. The van der Waals surface area contributed by atoms with E-state index in [0.29, 0.717) is 16.9 Å². The van der Waals surface area contributed by atoms with Gasteiger partial charge in [0, 0.05) is 25.3 Å². The first kappa shape index (κ1) is 19.3. The van der Waals surface area contributed by atoms with Crippen molar-refractivity contribution in [3.63, 3.8) is 0 Å². The fraction of sp³-hybridized carbons (Fsp3) is 0.500. The molecule has 3 N–H and O–H groups in total. The van der Waals surface area contributed by atoms with Crippen molar-refractivity contribution in [1.82, 2.24) is 9.88 Å². The first-order valence-corrected chi connectivity index (χ1v) is 10.4. The van der Waals surface area contributed by atoms with Crippen LogP contribution in [0.3, 0.4) is 0 Å². The lowest BCUT2D eigenvalue weighted by Crippen LogP contribution is -2.30. The van der Waals surface area contributed by atoms with Crippen LogP contribution in [-0.4, -0.2) is 36.7 Å². The van der Waals surface area contributed by atoms with E-state index in [1.54, 1.807) is 10.6 Å². The van der Waals surface area contributed by atoms with Crippen LogP contribution in [0.5, 0.6) is 0 Å². The van der Waals surface area contributed by atoms with Gasteiger partial charge >= 0.3 is 0 Å². The van der Waals surface area contributed by atoms with E-state index in [1.807, 2.05) is 0 Å². The van der Waals surface area contributed by atoms with Gasteiger partial charge in [0.25, 0.3) is 5.91 Å². The highest BCUT2D eigenvalue weighted by Crippen LogP contribution is 2.39. The fourth-order valence-electron chi connectivity index (χ4n) is 4.17. The van der Waals surface area contributed by atoms with Crippen molar-refractivity contribution in [1.29, 1.82) is 0 Å². The van der Waals surface area contributed by atoms with E-state index in [-0.39, 0.29) is 28.3 Å². The van der Waals surface area contributed by atoms with Crippen molar-refractivity contribution in [3.8, 4) is 0 Å². The van der Waals surface area contributed by atoms with Crippen molar-refractivity contribution >= 4 is 37.0 Å². The maximum atomic E-state index is 15.8. The molecular formula is C20H26FN4O2P. The largest absolute Gasteiger partial charge is 0.368 e. The predicted octanol–water partition coefficient (Wildman–Crippen LogP) is 1.51. The number of carbonyl (C=O) groups is 1. The molecule has 1 amide bonds. The smallest absolute Gasteiger partial charge is 0.254 e. The molecule has 2 aromatic rings. The topological polar surface area (TPSA) is 80.4 Å². The number of nitrogens with one attached hydrogen (secondary N) is 1. The number of rotatable bonds is 6. The van der Waals surface area contributed by atoms with Crippen LogP contribution in [0.4, 0.5) is 10.1 Å². The average Bonchev–Trinajstić information content (AvgIpc) is 3.39. The second-order valence-electron chi connectivity index (χ2n) is 7.81. The minimum absolute atomic E-state index is 0.0807. The third-order valence-electron chi connectivity index (χ3n) is 5.75. The van der Waals surface area contributed by atoms with Gasteiger partial charge in [-0.05, 0) is 49.6 Å². The van der Waals surface area contributed by atoms with Crippen LogP contribution in [0.2, 0.25) is 0 Å². The Bertz CT molecular complexity index is 1000. The molecule has 150 valence electrons. The second-order valence-corrected chi connectivity index (χ2v) is 8.43. The number of nitrogens with zero attached hydrogens (tertiary/aromatic N) is 2. The summed E-state index contributed by atoms with van der Waals surface area (Å²) in [5.74, 6) is -0.684. The maximum absolute atomic E-state index is 15.8. The van der Waals surface area contributed by atoms with Gasteiger partial charge in [-0.1, -0.05) is 6.92 Å². The molecule has 1 aliphatic carbocycles. The molecule has 8 heteroatoms. The Morgan fingerprint density at radius 2 is 2.14 bits per heavy atom. The van der Waals surface area contributed by atoms with Crippen molar-refractivity contribution in [2.75, 3.05) is 31.1 Å². The zero-order chi connectivity index (χ0) is 20.0. The van der Waals surface area contributed by atoms with Crippen molar-refractivity contribution in [3.05, 3.63) is 33.9 Å². The number of pyridine rings is 1. The van der Waals surface area contributed by atoms with E-state index < -0.39 is 11.3 Å². The van der Waals surface area contributed by atoms with E-state index in [9.17, 15) is 9.59 Å². The molecule has 0 radical (unpaired) electrons. The number of nitrogens with two attached hydrogens (primary N) is 1. The Hall–Kier alpha value is -1.98. The monoisotopic (exact) mass is 404 g/mol. The van der Waals surface area contributed by atoms with Gasteiger partial charge in [-0.3, -0.25) is 9.59 Å². The minimum atomic E-state index is -0.776. The van der Waals surface area contributed by atoms with E-state index in [2.05, 4.69) is 26.4 Å². The SMILES string of the molecule is CCNCC1CCN(c2c(P)cc3c(=O)c(C(N)=O)cn(C4CC4)c3c2F)C1. The third-order valence-corrected chi connectivity index (χ3v) is 6.19. The Morgan fingerprint density at radius 3 is 2.79 bits per heavy atom. The number of halogens is 1. The molecule has 1 aliphatic heterocycles. The molecular weight excluding hydrogens is 378 g/mol. The summed E-state index contributed by atoms with van der Waals surface area (Å²) in [5.41, 5.74) is 5.63. The molecule has 1 saturated heterocycles. The Balaban J connectivity index is 1.84. The summed E-state index contributed by atoms with van der Waals surface area (Å²) in [7, 11) is 2.55. The van der Waals surface area contributed by atoms with Gasteiger partial charge in [0.05, 0.1) is 16.6 Å². The van der Waals surface area contributed by atoms with Crippen LogP contribution in [0.1, 0.15) is 42.6 Å². The standard InChI is InChI=1S/C20H26FN4O2P/c1-2-23-8-11-5-6-24(9-11)18-15(28)7-13-17(16(18)21)25(12-3-4-12)10-14(19(13)26)20(22)27/h7,10-12,23H,2-6,8-9,28H2,1H3,(H2,22,27). The van der Waals surface area contributed by atoms with Crippen LogP contribution in [-0.2, 0) is 0 Å². The number of hydrogen-bond acceptors (Lipinski definition) is 4. The summed E-state index contributed by atoms with van der Waals surface area (Å²) >= 11 is 0. The summed E-state index contributed by atoms with van der Waals surface area (Å²) in [6.07, 6.45) is 4.26. The number of carbonyl (C=O) groups excluding carboxylic acids is 1. The summed E-state index contributed by atoms with van der Waals surface area (Å²) in [6, 6.07) is 1.79. The molecule has 0 spiro atoms. The summed E-state index contributed by atoms with van der Waals surface area (Å²) in [4.78, 5) is 26.6. The van der Waals surface area contributed by atoms with Crippen LogP contribution in [0.25, 0.3) is 10.9 Å². The van der Waals surface area contributed by atoms with E-state index in [4.69, 9.17) is 5.73 Å². The van der Waals surface area contributed by atoms with Gasteiger partial charge in [0.1, 0.15) is 5.56 Å². The lowest BCUT2D eigenvalue weighted by Gasteiger charge is -2.24. The Morgan fingerprint density at radius 1 is 1.39 bits per heavy atom. The quantitative estimate of drug-likeness (QED) is 0.716. The third kappa shape index (κ3) is 3.31. The molecule has 1 saturated carbocycles. The first-order chi connectivity index (χ1) is 13.4. The molecule has 2 heterocycles. The highest BCUT2D eigenvalue weighted by atomic mass is 31.0. The second kappa shape index (κ2) is 7.45. The van der Waals surface area contributed by atoms with Gasteiger partial charge < -0.3 is 20.5 Å². The van der Waals surface area contributed by atoms with Crippen LogP contribution < -0.4 is 26.7 Å². The molecule has 2 aliphatic rings. The molecule has 0 bridgehead atoms. The normalized spacial score (nSPS) is 19.5. The van der Waals surface area contributed by atoms with Gasteiger partial charge in [0.15, 0.2) is 5.82 Å². The van der Waals surface area contributed by atoms with Gasteiger partial charge in [0.2, 0.25) is 5.43 Å². The van der Waals surface area contributed by atoms with Crippen LogP contribution in [0.15, 0.2) is 17.1 Å². The van der Waals surface area contributed by atoms with Crippen LogP contribution in [0, 0.1) is 11.7 Å². The molecule has 2 atom stereocenters. The lowest BCUT2D eigenvalue weighted by atomic mass is 10.1. The van der Waals surface area contributed by atoms with Crippen molar-refractivity contribution in [2.24, 2.45) is 11.7 Å². The fourth-order valence-corrected chi connectivity index (χ4v) is 4.65. The van der Waals surface area contributed by atoms with Gasteiger partial charge in [-0.2, -0.15) is 0 Å². The first-order valence-electron chi connectivity index (χ1n) is 9.84. The van der Waals surface area contributed by atoms with E-state index in [1.165, 1.54) is 6.20 Å². The van der Waals surface area contributed by atoms with Crippen molar-refractivity contribution in [2.45, 2.75) is 32.2 Å². The van der Waals surface area contributed by atoms with Gasteiger partial charge in [-0.25, -0.2) is 4.39 Å². The highest BCUT2D eigenvalue weighted by molar-refractivity contribution is 7.28. The maximum Gasteiger partial charge on any atom is 0.254 e. The van der Waals surface area contributed by atoms with Crippen LogP contribution >= 0.6 is 9.24 Å². The zero-order valence-corrected chi connectivity index (χ0v) is 17.2. The number of aromatic nitrogens is 1. The molecule has 1 aromatic heterocycles. The number of anilines is 1. The molecule has 28 heavy (non-hydrogen) atoms. The summed E-state index contributed by atoms with van der Waals surface area (Å²) in [5, 5.41) is 4.22. The molecule has 6 nitrogen and oxygen atoms in total. The Labute approximate surface area is 165 Å². The van der Waals surface area contributed by atoms with Crippen molar-refractivity contribution < 1.29 is 9.18 Å².